The fraction of sp³-hybridized carbons (Fsp3) is 0.250. The number of amides is 2. The van der Waals surface area contributed by atoms with E-state index >= 15 is 0 Å². The molecule has 1 heterocycles. The van der Waals surface area contributed by atoms with Crippen molar-refractivity contribution in [2.45, 2.75) is 13.8 Å². The molecule has 0 radical (unpaired) electrons. The van der Waals surface area contributed by atoms with E-state index in [2.05, 4.69) is 31.2 Å². The Morgan fingerprint density at radius 2 is 1.44 bits per heavy atom. The number of aryl methyl sites for hydroxylation is 1. The number of rotatable bonds is 10. The summed E-state index contributed by atoms with van der Waals surface area (Å²) >= 11 is 0. The van der Waals surface area contributed by atoms with Gasteiger partial charge in [-0.3, -0.25) is 9.59 Å². The zero-order valence-corrected chi connectivity index (χ0v) is 18.3. The highest BCUT2D eigenvalue weighted by Gasteiger charge is 2.08. The second-order valence-electron chi connectivity index (χ2n) is 7.29. The van der Waals surface area contributed by atoms with Crippen molar-refractivity contribution >= 4 is 23.5 Å². The molecule has 32 heavy (non-hydrogen) atoms. The molecular weight excluding hydrogens is 404 g/mol. The molecule has 1 aromatic heterocycles. The third kappa shape index (κ3) is 7.09. The molecule has 3 aromatic rings. The van der Waals surface area contributed by atoms with Crippen LogP contribution in [0.15, 0.2) is 60.7 Å². The van der Waals surface area contributed by atoms with E-state index in [0.717, 1.165) is 11.1 Å². The van der Waals surface area contributed by atoms with Gasteiger partial charge in [-0.15, -0.1) is 0 Å². The maximum atomic E-state index is 12.3. The normalized spacial score (nSPS) is 10.3. The average molecular weight is 433 g/mol. The van der Waals surface area contributed by atoms with Gasteiger partial charge < -0.3 is 21.3 Å². The van der Waals surface area contributed by atoms with Crippen molar-refractivity contribution in [3.8, 4) is 11.4 Å². The lowest BCUT2D eigenvalue weighted by atomic mass is 10.1. The zero-order valence-electron chi connectivity index (χ0n) is 18.3. The molecule has 0 saturated heterocycles. The minimum Gasteiger partial charge on any atom is -0.368 e. The Bertz CT molecular complexity index is 1060. The van der Waals surface area contributed by atoms with E-state index in [1.54, 1.807) is 6.07 Å². The van der Waals surface area contributed by atoms with Gasteiger partial charge in [-0.05, 0) is 19.1 Å². The molecule has 0 saturated carbocycles. The standard InChI is InChI=1S/C24H28N6O2/c1-17-7-6-10-20(15-17)24(32)28-14-13-27-22-16-21(26-12-11-25-18(2)31)29-23(30-22)19-8-4-3-5-9-19/h3-10,15-16H,11-14H2,1-2H3,(H,25,31)(H,28,32)(H2,26,27,29,30). The first-order chi connectivity index (χ1) is 15.5. The summed E-state index contributed by atoms with van der Waals surface area (Å²) < 4.78 is 0. The van der Waals surface area contributed by atoms with Gasteiger partial charge in [0.05, 0.1) is 0 Å². The lowest BCUT2D eigenvalue weighted by Gasteiger charge is -2.12. The Kier molecular flexibility index (Phi) is 8.14. The van der Waals surface area contributed by atoms with Crippen molar-refractivity contribution in [2.24, 2.45) is 0 Å². The lowest BCUT2D eigenvalue weighted by molar-refractivity contribution is -0.118. The highest BCUT2D eigenvalue weighted by Crippen LogP contribution is 2.20. The maximum Gasteiger partial charge on any atom is 0.251 e. The average Bonchev–Trinajstić information content (AvgIpc) is 2.80. The first-order valence-corrected chi connectivity index (χ1v) is 10.5. The van der Waals surface area contributed by atoms with Crippen LogP contribution in [-0.2, 0) is 4.79 Å². The summed E-state index contributed by atoms with van der Waals surface area (Å²) in [4.78, 5) is 32.5. The van der Waals surface area contributed by atoms with E-state index in [1.165, 1.54) is 6.92 Å². The molecular formula is C24H28N6O2. The first kappa shape index (κ1) is 22.7. The van der Waals surface area contributed by atoms with Crippen LogP contribution in [0.3, 0.4) is 0 Å². The van der Waals surface area contributed by atoms with E-state index in [4.69, 9.17) is 0 Å². The highest BCUT2D eigenvalue weighted by molar-refractivity contribution is 5.94. The number of benzene rings is 2. The van der Waals surface area contributed by atoms with Gasteiger partial charge in [0.15, 0.2) is 5.82 Å². The number of carbonyl (C=O) groups excluding carboxylic acids is 2. The summed E-state index contributed by atoms with van der Waals surface area (Å²) in [5, 5.41) is 12.1. The van der Waals surface area contributed by atoms with Gasteiger partial charge in [-0.1, -0.05) is 48.0 Å². The number of nitrogens with zero attached hydrogens (tertiary/aromatic N) is 2. The quantitative estimate of drug-likeness (QED) is 0.367. The molecule has 0 spiro atoms. The van der Waals surface area contributed by atoms with Crippen LogP contribution in [0, 0.1) is 6.92 Å². The molecule has 2 aromatic carbocycles. The van der Waals surface area contributed by atoms with Gasteiger partial charge in [-0.2, -0.15) is 0 Å². The Hall–Kier alpha value is -3.94. The van der Waals surface area contributed by atoms with Gasteiger partial charge in [0.2, 0.25) is 5.91 Å². The molecule has 4 N–H and O–H groups in total. The van der Waals surface area contributed by atoms with E-state index in [1.807, 2.05) is 61.5 Å². The molecule has 8 heteroatoms. The van der Waals surface area contributed by atoms with Crippen molar-refractivity contribution < 1.29 is 9.59 Å². The predicted octanol–water partition coefficient (Wildman–Crippen LogP) is 2.84. The summed E-state index contributed by atoms with van der Waals surface area (Å²) in [6.45, 7) is 5.43. The molecule has 0 aliphatic rings. The third-order valence-electron chi connectivity index (χ3n) is 4.56. The monoisotopic (exact) mass is 432 g/mol. The van der Waals surface area contributed by atoms with E-state index in [0.29, 0.717) is 49.2 Å². The van der Waals surface area contributed by atoms with Crippen LogP contribution in [0.25, 0.3) is 11.4 Å². The number of aromatic nitrogens is 2. The first-order valence-electron chi connectivity index (χ1n) is 10.5. The van der Waals surface area contributed by atoms with Gasteiger partial charge >= 0.3 is 0 Å². The number of hydrogen-bond acceptors (Lipinski definition) is 6. The topological polar surface area (TPSA) is 108 Å². The van der Waals surface area contributed by atoms with Crippen LogP contribution in [0.5, 0.6) is 0 Å². The third-order valence-corrected chi connectivity index (χ3v) is 4.56. The smallest absolute Gasteiger partial charge is 0.251 e. The van der Waals surface area contributed by atoms with Crippen molar-refractivity contribution in [3.05, 3.63) is 71.8 Å². The summed E-state index contributed by atoms with van der Waals surface area (Å²) in [6.07, 6.45) is 0. The summed E-state index contributed by atoms with van der Waals surface area (Å²) in [5.74, 6) is 1.70. The van der Waals surface area contributed by atoms with Crippen LogP contribution in [0.2, 0.25) is 0 Å². The Labute approximate surface area is 187 Å². The SMILES string of the molecule is CC(=O)NCCNc1cc(NCCNC(=O)c2cccc(C)c2)nc(-c2ccccc2)n1. The van der Waals surface area contributed by atoms with Crippen LogP contribution in [-0.4, -0.2) is 48.0 Å². The van der Waals surface area contributed by atoms with Gasteiger partial charge in [0, 0.05) is 50.3 Å². The number of carbonyl (C=O) groups is 2. The van der Waals surface area contributed by atoms with Gasteiger partial charge in [0.25, 0.3) is 5.91 Å². The van der Waals surface area contributed by atoms with Gasteiger partial charge in [0.1, 0.15) is 11.6 Å². The molecule has 166 valence electrons. The van der Waals surface area contributed by atoms with Crippen molar-refractivity contribution in [1.29, 1.82) is 0 Å². The molecule has 0 unspecified atom stereocenters. The molecule has 8 nitrogen and oxygen atoms in total. The van der Waals surface area contributed by atoms with Crippen LogP contribution in [0.1, 0.15) is 22.8 Å². The van der Waals surface area contributed by atoms with E-state index < -0.39 is 0 Å². The summed E-state index contributed by atoms with van der Waals surface area (Å²) in [5.41, 5.74) is 2.58. The number of anilines is 2. The molecule has 0 bridgehead atoms. The van der Waals surface area contributed by atoms with Crippen LogP contribution in [0.4, 0.5) is 11.6 Å². The molecule has 0 atom stereocenters. The minimum absolute atomic E-state index is 0.0745. The Morgan fingerprint density at radius 3 is 2.06 bits per heavy atom. The van der Waals surface area contributed by atoms with Crippen molar-refractivity contribution in [3.63, 3.8) is 0 Å². The molecule has 3 rings (SSSR count). The second kappa shape index (κ2) is 11.5. The Morgan fingerprint density at radius 1 is 0.781 bits per heavy atom. The lowest BCUT2D eigenvalue weighted by Crippen LogP contribution is -2.29. The van der Waals surface area contributed by atoms with Crippen molar-refractivity contribution in [1.82, 2.24) is 20.6 Å². The minimum atomic E-state index is -0.108. The molecule has 2 amide bonds. The molecule has 0 aliphatic heterocycles. The van der Waals surface area contributed by atoms with E-state index in [9.17, 15) is 9.59 Å². The van der Waals surface area contributed by atoms with E-state index in [-0.39, 0.29) is 11.8 Å². The highest BCUT2D eigenvalue weighted by atomic mass is 16.2. The number of nitrogens with one attached hydrogen (secondary N) is 4. The molecule has 0 fully saturated rings. The molecule has 0 aliphatic carbocycles. The Balaban J connectivity index is 1.61. The second-order valence-corrected chi connectivity index (χ2v) is 7.29. The summed E-state index contributed by atoms with van der Waals surface area (Å²) in [7, 11) is 0. The van der Waals surface area contributed by atoms with Crippen molar-refractivity contribution in [2.75, 3.05) is 36.8 Å². The van der Waals surface area contributed by atoms with Crippen LogP contribution >= 0.6 is 0 Å². The van der Waals surface area contributed by atoms with Crippen LogP contribution < -0.4 is 21.3 Å². The van der Waals surface area contributed by atoms with Gasteiger partial charge in [-0.25, -0.2) is 9.97 Å². The fourth-order valence-electron chi connectivity index (χ4n) is 3.03. The fourth-order valence-corrected chi connectivity index (χ4v) is 3.03. The maximum absolute atomic E-state index is 12.3. The largest absolute Gasteiger partial charge is 0.368 e. The number of hydrogen-bond donors (Lipinski definition) is 4. The summed E-state index contributed by atoms with van der Waals surface area (Å²) in [6, 6.07) is 19.0. The predicted molar refractivity (Wildman–Crippen MR) is 127 cm³/mol. The zero-order chi connectivity index (χ0) is 22.8.